The topological polar surface area (TPSA) is 163 Å². The molecule has 1 unspecified atom stereocenters. The molecule has 0 saturated heterocycles. The number of nitrogens with one attached hydrogen (secondary N) is 1. The highest BCUT2D eigenvalue weighted by Gasteiger charge is 2.28. The van der Waals surface area contributed by atoms with Gasteiger partial charge in [-0.15, -0.1) is 0 Å². The van der Waals surface area contributed by atoms with Crippen molar-refractivity contribution in [1.82, 2.24) is 19.9 Å². The van der Waals surface area contributed by atoms with Crippen LogP contribution in [0.15, 0.2) is 78.2 Å². The molecule has 1 aliphatic heterocycles. The van der Waals surface area contributed by atoms with Crippen molar-refractivity contribution < 1.29 is 18.0 Å². The van der Waals surface area contributed by atoms with E-state index >= 15 is 0 Å². The maximum Gasteiger partial charge on any atom is 0.248 e. The van der Waals surface area contributed by atoms with E-state index in [0.717, 1.165) is 5.56 Å². The minimum atomic E-state index is -3.94. The fraction of sp³-hybridized carbons (Fsp3) is 0.120. The third-order valence-electron chi connectivity index (χ3n) is 6.14. The lowest BCUT2D eigenvalue weighted by atomic mass is 9.98. The number of benzene rings is 2. The number of amides is 1. The van der Waals surface area contributed by atoms with Gasteiger partial charge in [-0.05, 0) is 35.4 Å². The van der Waals surface area contributed by atoms with E-state index in [1.807, 2.05) is 12.1 Å². The predicted octanol–water partition coefficient (Wildman–Crippen LogP) is 2.10. The van der Waals surface area contributed by atoms with E-state index in [0.29, 0.717) is 40.3 Å². The van der Waals surface area contributed by atoms with E-state index in [1.165, 1.54) is 12.4 Å². The maximum absolute atomic E-state index is 13.3. The average Bonchev–Trinajstić information content (AvgIpc) is 3.23. The predicted molar refractivity (Wildman–Crippen MR) is 132 cm³/mol. The first kappa shape index (κ1) is 23.5. The molecule has 36 heavy (non-hydrogen) atoms. The van der Waals surface area contributed by atoms with Crippen LogP contribution in [0.1, 0.15) is 44.6 Å². The van der Waals surface area contributed by atoms with Crippen LogP contribution in [0.4, 0.5) is 0 Å². The second-order valence-electron chi connectivity index (χ2n) is 8.42. The Hall–Kier alpha value is -4.19. The Balaban J connectivity index is 1.42. The third-order valence-corrected chi connectivity index (χ3v) is 7.08. The molecule has 0 aliphatic carbocycles. The standard InChI is InChI=1S/C25H22N6O4S/c26-25(33)17-2-1-3-18(10-17)31-14-30-21-12-29-20(11-22(32)24(21)31)16-6-4-15(5-7-16)19-8-9-28-13-23(19)36(27,34)35/h1-10,13-14,20,29H,11-12H2,(H2,26,33)(H2,27,34,35). The molecule has 1 atom stereocenters. The highest BCUT2D eigenvalue weighted by Crippen LogP contribution is 2.30. The van der Waals surface area contributed by atoms with Crippen LogP contribution in [-0.4, -0.2) is 34.6 Å². The lowest BCUT2D eigenvalue weighted by Gasteiger charge is -2.16. The smallest absolute Gasteiger partial charge is 0.248 e. The van der Waals surface area contributed by atoms with Crippen molar-refractivity contribution in [3.05, 3.63) is 95.8 Å². The van der Waals surface area contributed by atoms with Gasteiger partial charge in [-0.3, -0.25) is 19.1 Å². The molecule has 1 amide bonds. The Labute approximate surface area is 207 Å². The van der Waals surface area contributed by atoms with Crippen LogP contribution in [0.3, 0.4) is 0 Å². The maximum atomic E-state index is 13.3. The van der Waals surface area contributed by atoms with Gasteiger partial charge in [0, 0.05) is 48.2 Å². The number of hydrogen-bond donors (Lipinski definition) is 3. The number of carbonyl (C=O) groups excluding carboxylic acids is 2. The van der Waals surface area contributed by atoms with Gasteiger partial charge in [0.2, 0.25) is 15.9 Å². The number of ketones is 1. The normalized spacial score (nSPS) is 15.8. The fourth-order valence-corrected chi connectivity index (χ4v) is 5.06. The molecule has 11 heteroatoms. The second kappa shape index (κ2) is 9.11. The van der Waals surface area contributed by atoms with E-state index in [4.69, 9.17) is 10.9 Å². The number of aromatic nitrogens is 3. The molecule has 0 bridgehead atoms. The van der Waals surface area contributed by atoms with Crippen LogP contribution in [0.25, 0.3) is 16.8 Å². The number of sulfonamides is 1. The lowest BCUT2D eigenvalue weighted by molar-refractivity contribution is 0.0965. The first-order chi connectivity index (χ1) is 17.2. The summed E-state index contributed by atoms with van der Waals surface area (Å²) < 4.78 is 25.6. The third kappa shape index (κ3) is 4.42. The Morgan fingerprint density at radius 2 is 1.89 bits per heavy atom. The summed E-state index contributed by atoms with van der Waals surface area (Å²) >= 11 is 0. The number of hydrogen-bond acceptors (Lipinski definition) is 7. The number of primary amides is 1. The number of nitrogens with zero attached hydrogens (tertiary/aromatic N) is 3. The first-order valence-electron chi connectivity index (χ1n) is 11.0. The lowest BCUT2D eigenvalue weighted by Crippen LogP contribution is -2.20. The molecule has 3 heterocycles. The summed E-state index contributed by atoms with van der Waals surface area (Å²) in [7, 11) is -3.94. The van der Waals surface area contributed by atoms with E-state index in [9.17, 15) is 18.0 Å². The molecule has 4 aromatic rings. The van der Waals surface area contributed by atoms with Gasteiger partial charge in [0.05, 0.1) is 5.69 Å². The van der Waals surface area contributed by atoms with Crippen LogP contribution in [0.5, 0.6) is 0 Å². The van der Waals surface area contributed by atoms with Gasteiger partial charge < -0.3 is 11.1 Å². The van der Waals surface area contributed by atoms with Crippen LogP contribution in [0, 0.1) is 0 Å². The van der Waals surface area contributed by atoms with E-state index in [1.54, 1.807) is 53.4 Å². The summed E-state index contributed by atoms with van der Waals surface area (Å²) in [6.45, 7) is 0.371. The van der Waals surface area contributed by atoms with Crippen molar-refractivity contribution in [2.24, 2.45) is 10.9 Å². The fourth-order valence-electron chi connectivity index (χ4n) is 4.36. The Kier molecular flexibility index (Phi) is 5.96. The SMILES string of the molecule is NC(=O)c1cccc(-n2cnc3c2C(=O)CC(c2ccc(-c4ccncc4S(N)(=O)=O)cc2)NC3)c1. The zero-order valence-corrected chi connectivity index (χ0v) is 19.8. The zero-order chi connectivity index (χ0) is 25.4. The Morgan fingerprint density at radius 1 is 1.11 bits per heavy atom. The molecule has 1 aliphatic rings. The summed E-state index contributed by atoms with van der Waals surface area (Å²) in [6.07, 6.45) is 4.48. The van der Waals surface area contributed by atoms with Gasteiger partial charge in [-0.25, -0.2) is 18.5 Å². The number of rotatable bonds is 5. The largest absolute Gasteiger partial charge is 0.366 e. The molecule has 0 spiro atoms. The van der Waals surface area contributed by atoms with Crippen molar-refractivity contribution in [2.45, 2.75) is 23.9 Å². The van der Waals surface area contributed by atoms with Gasteiger partial charge in [-0.2, -0.15) is 0 Å². The second-order valence-corrected chi connectivity index (χ2v) is 9.95. The van der Waals surface area contributed by atoms with E-state index in [-0.39, 0.29) is 23.1 Å². The van der Waals surface area contributed by atoms with Crippen molar-refractivity contribution in [1.29, 1.82) is 0 Å². The molecule has 2 aromatic carbocycles. The molecule has 10 nitrogen and oxygen atoms in total. The summed E-state index contributed by atoms with van der Waals surface area (Å²) in [5.74, 6) is -0.654. The number of nitrogens with two attached hydrogens (primary N) is 2. The average molecular weight is 503 g/mol. The van der Waals surface area contributed by atoms with Crippen LogP contribution >= 0.6 is 0 Å². The van der Waals surface area contributed by atoms with Gasteiger partial charge in [0.15, 0.2) is 5.78 Å². The first-order valence-corrected chi connectivity index (χ1v) is 12.6. The minimum absolute atomic E-state index is 0.0560. The number of Topliss-reactive ketones (excluding diaryl/α,β-unsaturated/α-hetero) is 1. The van der Waals surface area contributed by atoms with Crippen molar-refractivity contribution in [2.75, 3.05) is 0 Å². The Morgan fingerprint density at radius 3 is 2.61 bits per heavy atom. The van der Waals surface area contributed by atoms with E-state index in [2.05, 4.69) is 15.3 Å². The van der Waals surface area contributed by atoms with Gasteiger partial charge in [0.25, 0.3) is 0 Å². The summed E-state index contributed by atoms with van der Waals surface area (Å²) in [4.78, 5) is 33.2. The quantitative estimate of drug-likeness (QED) is 0.376. The van der Waals surface area contributed by atoms with Gasteiger partial charge in [0.1, 0.15) is 16.9 Å². The van der Waals surface area contributed by atoms with Gasteiger partial charge in [-0.1, -0.05) is 30.3 Å². The monoisotopic (exact) mass is 502 g/mol. The summed E-state index contributed by atoms with van der Waals surface area (Å²) in [5.41, 5.74) is 9.42. The molecule has 5 N–H and O–H groups in total. The molecular formula is C25H22N6O4S. The summed E-state index contributed by atoms with van der Waals surface area (Å²) in [5, 5.41) is 8.71. The van der Waals surface area contributed by atoms with Crippen LogP contribution in [0.2, 0.25) is 0 Å². The van der Waals surface area contributed by atoms with Crippen LogP contribution in [-0.2, 0) is 16.6 Å². The van der Waals surface area contributed by atoms with Crippen molar-refractivity contribution in [3.8, 4) is 16.8 Å². The number of pyridine rings is 1. The molecular weight excluding hydrogens is 480 g/mol. The van der Waals surface area contributed by atoms with Crippen molar-refractivity contribution in [3.63, 3.8) is 0 Å². The molecule has 2 aromatic heterocycles. The minimum Gasteiger partial charge on any atom is -0.366 e. The number of fused-ring (bicyclic) bond motifs is 1. The number of imidazole rings is 1. The molecule has 0 fully saturated rings. The molecule has 0 saturated carbocycles. The zero-order valence-electron chi connectivity index (χ0n) is 19.0. The van der Waals surface area contributed by atoms with Crippen molar-refractivity contribution >= 4 is 21.7 Å². The van der Waals surface area contributed by atoms with Gasteiger partial charge >= 0.3 is 0 Å². The highest BCUT2D eigenvalue weighted by atomic mass is 32.2. The number of primary sulfonamides is 1. The number of carbonyl (C=O) groups is 2. The highest BCUT2D eigenvalue weighted by molar-refractivity contribution is 7.89. The summed E-state index contributed by atoms with van der Waals surface area (Å²) in [6, 6.07) is 15.3. The molecule has 5 rings (SSSR count). The van der Waals surface area contributed by atoms with Crippen LogP contribution < -0.4 is 16.2 Å². The Bertz CT molecular complexity index is 1600. The molecule has 0 radical (unpaired) electrons. The molecule has 182 valence electrons. The van der Waals surface area contributed by atoms with E-state index < -0.39 is 15.9 Å².